The molecule has 0 fully saturated rings. The normalized spacial score (nSPS) is 16.1. The van der Waals surface area contributed by atoms with Crippen LogP contribution in [0.2, 0.25) is 0 Å². The lowest BCUT2D eigenvalue weighted by Crippen LogP contribution is -1.92. The predicted molar refractivity (Wildman–Crippen MR) is 163 cm³/mol. The van der Waals surface area contributed by atoms with E-state index in [1.807, 2.05) is 32.9 Å². The van der Waals surface area contributed by atoms with Crippen molar-refractivity contribution in [2.45, 2.75) is 101 Å². The summed E-state index contributed by atoms with van der Waals surface area (Å²) in [6, 6.07) is 0. The van der Waals surface area contributed by atoms with Gasteiger partial charge in [0.2, 0.25) is 0 Å². The van der Waals surface area contributed by atoms with E-state index in [0.717, 1.165) is 42.4 Å². The van der Waals surface area contributed by atoms with Crippen molar-refractivity contribution < 1.29 is 4.39 Å². The molecule has 0 spiro atoms. The van der Waals surface area contributed by atoms with E-state index < -0.39 is 0 Å². The van der Waals surface area contributed by atoms with Crippen LogP contribution in [-0.2, 0) is 0 Å². The maximum atomic E-state index is 15.1. The summed E-state index contributed by atoms with van der Waals surface area (Å²) in [7, 11) is 0. The topological polar surface area (TPSA) is 0 Å². The van der Waals surface area contributed by atoms with Gasteiger partial charge in [-0.2, -0.15) is 0 Å². The van der Waals surface area contributed by atoms with Crippen molar-refractivity contribution in [1.82, 2.24) is 0 Å². The van der Waals surface area contributed by atoms with Gasteiger partial charge < -0.3 is 0 Å². The molecule has 0 aromatic heterocycles. The molecule has 198 valence electrons. The molecule has 0 radical (unpaired) electrons. The molecule has 0 bridgehead atoms. The van der Waals surface area contributed by atoms with Crippen molar-refractivity contribution in [3.63, 3.8) is 0 Å². The fraction of sp³-hybridized carbons (Fsp3) is 0.429. The summed E-state index contributed by atoms with van der Waals surface area (Å²) in [4.78, 5) is 0. The van der Waals surface area contributed by atoms with Crippen LogP contribution in [0.15, 0.2) is 118 Å². The van der Waals surface area contributed by atoms with Gasteiger partial charge in [0.25, 0.3) is 0 Å². The first-order chi connectivity index (χ1) is 17.0. The highest BCUT2D eigenvalue weighted by Gasteiger charge is 2.07. The van der Waals surface area contributed by atoms with Crippen LogP contribution in [0.4, 0.5) is 4.39 Å². The van der Waals surface area contributed by atoms with Crippen LogP contribution in [0.1, 0.15) is 101 Å². The van der Waals surface area contributed by atoms with Crippen molar-refractivity contribution in [3.05, 3.63) is 118 Å². The largest absolute Gasteiger partial charge is 0.207 e. The maximum Gasteiger partial charge on any atom is 0.122 e. The zero-order chi connectivity index (χ0) is 27.7. The number of halogens is 1. The Kier molecular flexibility index (Phi) is 17.2. The van der Waals surface area contributed by atoms with Gasteiger partial charge in [0.05, 0.1) is 0 Å². The molecule has 0 aromatic rings. The first kappa shape index (κ1) is 33.3. The molecule has 0 nitrogen and oxygen atoms in total. The van der Waals surface area contributed by atoms with E-state index in [0.29, 0.717) is 12.8 Å². The Morgan fingerprint density at radius 1 is 0.778 bits per heavy atom. The van der Waals surface area contributed by atoms with Crippen LogP contribution in [-0.4, -0.2) is 0 Å². The molecule has 0 aliphatic carbocycles. The highest BCUT2D eigenvalue weighted by Crippen LogP contribution is 2.26. The summed E-state index contributed by atoms with van der Waals surface area (Å²) in [5.74, 6) is -0.106. The summed E-state index contributed by atoms with van der Waals surface area (Å²) in [6.07, 6.45) is 21.2. The van der Waals surface area contributed by atoms with Crippen molar-refractivity contribution in [1.29, 1.82) is 0 Å². The molecule has 36 heavy (non-hydrogen) atoms. The Balaban J connectivity index is 5.82. The smallest absolute Gasteiger partial charge is 0.122 e. The summed E-state index contributed by atoms with van der Waals surface area (Å²) in [6.45, 7) is 26.7. The van der Waals surface area contributed by atoms with Gasteiger partial charge in [0.1, 0.15) is 5.83 Å². The van der Waals surface area contributed by atoms with Crippen LogP contribution in [0.5, 0.6) is 0 Å². The first-order valence-corrected chi connectivity index (χ1v) is 13.3. The summed E-state index contributed by atoms with van der Waals surface area (Å²) in [5, 5.41) is 0. The Morgan fingerprint density at radius 3 is 1.94 bits per heavy atom. The van der Waals surface area contributed by atoms with E-state index in [1.54, 1.807) is 12.2 Å². The fourth-order valence-corrected chi connectivity index (χ4v) is 3.84. The molecule has 1 heteroatoms. The monoisotopic (exact) mass is 490 g/mol. The number of rotatable bonds is 15. The third-order valence-corrected chi connectivity index (χ3v) is 6.48. The second-order valence-corrected chi connectivity index (χ2v) is 9.90. The van der Waals surface area contributed by atoms with Gasteiger partial charge in [-0.1, -0.05) is 109 Å². The van der Waals surface area contributed by atoms with Gasteiger partial charge in [-0.25, -0.2) is 4.39 Å². The minimum absolute atomic E-state index is 0.106. The van der Waals surface area contributed by atoms with Crippen LogP contribution < -0.4 is 0 Å². The lowest BCUT2D eigenvalue weighted by Gasteiger charge is -2.11. The van der Waals surface area contributed by atoms with E-state index in [2.05, 4.69) is 79.0 Å². The molecule has 0 N–H and O–H groups in total. The molecule has 0 aliphatic heterocycles. The zero-order valence-electron chi connectivity index (χ0n) is 24.7. The molecule has 0 saturated heterocycles. The molecule has 0 rings (SSSR count). The average molecular weight is 491 g/mol. The van der Waals surface area contributed by atoms with Gasteiger partial charge in [-0.05, 0) is 104 Å². The molecule has 0 unspecified atom stereocenters. The van der Waals surface area contributed by atoms with Gasteiger partial charge in [-0.15, -0.1) is 0 Å². The quantitative estimate of drug-likeness (QED) is 0.158. The van der Waals surface area contributed by atoms with Crippen molar-refractivity contribution in [2.75, 3.05) is 0 Å². The number of hydrogen-bond acceptors (Lipinski definition) is 0. The Labute approximate surface area is 222 Å². The lowest BCUT2D eigenvalue weighted by molar-refractivity contribution is 0.639. The molecule has 0 aromatic carbocycles. The maximum absolute atomic E-state index is 15.1. The highest BCUT2D eigenvalue weighted by molar-refractivity contribution is 5.36. The third-order valence-electron chi connectivity index (χ3n) is 6.48. The van der Waals surface area contributed by atoms with Crippen molar-refractivity contribution in [3.8, 4) is 0 Å². The van der Waals surface area contributed by atoms with Crippen LogP contribution in [0.25, 0.3) is 0 Å². The summed E-state index contributed by atoms with van der Waals surface area (Å²) < 4.78 is 15.1. The van der Waals surface area contributed by atoms with Gasteiger partial charge in [0.15, 0.2) is 0 Å². The number of hydrogen-bond donors (Lipinski definition) is 0. The average Bonchev–Trinajstić information content (AvgIpc) is 2.84. The molecule has 0 saturated carbocycles. The second kappa shape index (κ2) is 18.6. The van der Waals surface area contributed by atoms with E-state index in [-0.39, 0.29) is 5.83 Å². The van der Waals surface area contributed by atoms with E-state index >= 15 is 4.39 Å². The van der Waals surface area contributed by atoms with Crippen LogP contribution in [0.3, 0.4) is 0 Å². The minimum Gasteiger partial charge on any atom is -0.207 e. The zero-order valence-corrected chi connectivity index (χ0v) is 24.7. The predicted octanol–water partition coefficient (Wildman–Crippen LogP) is 12.0. The van der Waals surface area contributed by atoms with E-state index in [1.165, 1.54) is 33.4 Å². The van der Waals surface area contributed by atoms with E-state index in [4.69, 9.17) is 0 Å². The summed E-state index contributed by atoms with van der Waals surface area (Å²) >= 11 is 0. The Morgan fingerprint density at radius 2 is 1.42 bits per heavy atom. The van der Waals surface area contributed by atoms with E-state index in [9.17, 15) is 0 Å². The van der Waals surface area contributed by atoms with Gasteiger partial charge in [-0.3, -0.25) is 0 Å². The Bertz CT molecular complexity index is 993. The van der Waals surface area contributed by atoms with Gasteiger partial charge >= 0.3 is 0 Å². The van der Waals surface area contributed by atoms with Crippen molar-refractivity contribution >= 4 is 0 Å². The standard InChI is InChI=1S/C35H51F/c1-12-17-33(25-34(16-5)35(36)23-28(8)20-27(7)14-3)22-29(9)21-32(15-4)24-31(11)30(10)19-18-26(6)13-2/h12-14,17-18,22-24H,1-2,15-16,19-21,25H2,3-11H3/b26-18-,27-14-,28-23-,29-22+,31-30-,32-24+,33-17+,35-34-. The van der Waals surface area contributed by atoms with Crippen LogP contribution in [0, 0.1) is 0 Å². The fourth-order valence-electron chi connectivity index (χ4n) is 3.84. The number of allylic oxidation sites excluding steroid dienone is 18. The Hall–Kier alpha value is -2.67. The lowest BCUT2D eigenvalue weighted by atomic mass is 9.95. The molecule has 0 heterocycles. The van der Waals surface area contributed by atoms with Crippen molar-refractivity contribution in [2.24, 2.45) is 0 Å². The SMILES string of the molecule is C=C/C=C(\C=C(/C)C/C(=C/C(C)=C(/C)C/C=C(/C)C=C)CC)C/C(CC)=C(F)/C=C(/C)C/C(C)=C\C. The van der Waals surface area contributed by atoms with Crippen LogP contribution >= 0.6 is 0 Å². The molecule has 0 amide bonds. The molecular weight excluding hydrogens is 439 g/mol. The molecular formula is C35H51F. The first-order valence-electron chi connectivity index (χ1n) is 13.3. The third kappa shape index (κ3) is 14.0. The second-order valence-electron chi connectivity index (χ2n) is 9.90. The minimum atomic E-state index is -0.106. The molecule has 0 atom stereocenters. The highest BCUT2D eigenvalue weighted by atomic mass is 19.1. The molecule has 0 aliphatic rings. The summed E-state index contributed by atoms with van der Waals surface area (Å²) in [5.41, 5.74) is 10.8. The van der Waals surface area contributed by atoms with Gasteiger partial charge in [0, 0.05) is 0 Å².